The van der Waals surface area contributed by atoms with Crippen LogP contribution in [0.15, 0.2) is 6.20 Å². The number of aryl methyl sites for hydroxylation is 1. The molecule has 0 spiro atoms. The summed E-state index contributed by atoms with van der Waals surface area (Å²) in [5.74, 6) is -0.250. The Hall–Kier alpha value is -1.08. The Bertz CT molecular complexity index is 353. The highest BCUT2D eigenvalue weighted by molar-refractivity contribution is 7.99. The lowest BCUT2D eigenvalue weighted by Crippen LogP contribution is -2.33. The molecule has 6 nitrogen and oxygen atoms in total. The number of hydrogen-bond acceptors (Lipinski definition) is 5. The van der Waals surface area contributed by atoms with E-state index in [1.807, 2.05) is 0 Å². The average Bonchev–Trinajstić information content (AvgIpc) is 2.70. The van der Waals surface area contributed by atoms with E-state index in [9.17, 15) is 4.79 Å². The molecule has 0 amide bonds. The molecule has 1 aromatic heterocycles. The molecule has 1 saturated heterocycles. The molecular formula is C7H10N4O2S. The molecule has 14 heavy (non-hydrogen) atoms. The molecule has 76 valence electrons. The van der Waals surface area contributed by atoms with Gasteiger partial charge in [-0.3, -0.25) is 14.8 Å². The third-order valence-electron chi connectivity index (χ3n) is 1.97. The summed E-state index contributed by atoms with van der Waals surface area (Å²) in [6.45, 7) is 0. The zero-order chi connectivity index (χ0) is 10.1. The monoisotopic (exact) mass is 214 g/mol. The fraction of sp³-hybridized carbons (Fsp3) is 0.571. The molecule has 0 bridgehead atoms. The second-order valence-electron chi connectivity index (χ2n) is 3.09. The summed E-state index contributed by atoms with van der Waals surface area (Å²) < 4.78 is 1.60. The van der Waals surface area contributed by atoms with Gasteiger partial charge in [-0.05, 0) is 0 Å². The highest BCUT2D eigenvalue weighted by atomic mass is 32.2. The van der Waals surface area contributed by atoms with E-state index in [0.717, 1.165) is 5.69 Å². The van der Waals surface area contributed by atoms with Crippen molar-refractivity contribution in [3.8, 4) is 0 Å². The largest absolute Gasteiger partial charge is 0.480 e. The number of nitrogens with zero attached hydrogens (tertiary/aromatic N) is 3. The van der Waals surface area contributed by atoms with Crippen molar-refractivity contribution in [3.63, 3.8) is 0 Å². The van der Waals surface area contributed by atoms with Crippen molar-refractivity contribution < 1.29 is 9.90 Å². The Kier molecular flexibility index (Phi) is 2.42. The Balaban J connectivity index is 2.05. The maximum atomic E-state index is 10.7. The van der Waals surface area contributed by atoms with Crippen LogP contribution in [0.5, 0.6) is 0 Å². The molecule has 2 rings (SSSR count). The van der Waals surface area contributed by atoms with Gasteiger partial charge in [0.05, 0.1) is 6.20 Å². The zero-order valence-corrected chi connectivity index (χ0v) is 8.36. The molecule has 0 saturated carbocycles. The van der Waals surface area contributed by atoms with Crippen molar-refractivity contribution in [2.24, 2.45) is 7.05 Å². The lowest BCUT2D eigenvalue weighted by molar-refractivity contribution is -0.138. The van der Waals surface area contributed by atoms with Gasteiger partial charge < -0.3 is 5.11 Å². The van der Waals surface area contributed by atoms with Crippen LogP contribution in [0.1, 0.15) is 11.1 Å². The van der Waals surface area contributed by atoms with E-state index in [4.69, 9.17) is 5.11 Å². The standard InChI is InChI=1S/C7H10N4O2S/c1-11-2-4(9-10-11)6-8-5(3-14-6)7(12)13/h2,5-6,8H,3H2,1H3,(H,12,13)/t5-,6?/m0/s1. The van der Waals surface area contributed by atoms with E-state index in [2.05, 4.69) is 15.6 Å². The van der Waals surface area contributed by atoms with E-state index >= 15 is 0 Å². The topological polar surface area (TPSA) is 80.0 Å². The van der Waals surface area contributed by atoms with E-state index in [1.54, 1.807) is 17.9 Å². The molecule has 0 aromatic carbocycles. The predicted octanol–water partition coefficient (Wildman–Crippen LogP) is -0.397. The van der Waals surface area contributed by atoms with E-state index in [0.29, 0.717) is 5.75 Å². The van der Waals surface area contributed by atoms with Crippen LogP contribution in [-0.2, 0) is 11.8 Å². The van der Waals surface area contributed by atoms with Crippen LogP contribution in [0.2, 0.25) is 0 Å². The number of thioether (sulfide) groups is 1. The van der Waals surface area contributed by atoms with E-state index in [1.165, 1.54) is 11.8 Å². The van der Waals surface area contributed by atoms with Gasteiger partial charge in [0.2, 0.25) is 0 Å². The maximum absolute atomic E-state index is 10.7. The second-order valence-corrected chi connectivity index (χ2v) is 4.23. The Labute approximate surface area is 84.7 Å². The third-order valence-corrected chi connectivity index (χ3v) is 3.21. The van der Waals surface area contributed by atoms with Crippen LogP contribution in [0.4, 0.5) is 0 Å². The van der Waals surface area contributed by atoms with Gasteiger partial charge in [-0.1, -0.05) is 5.21 Å². The minimum atomic E-state index is -0.816. The van der Waals surface area contributed by atoms with Crippen molar-refractivity contribution in [2.45, 2.75) is 11.4 Å². The molecule has 1 aliphatic rings. The summed E-state index contributed by atoms with van der Waals surface area (Å²) in [6.07, 6.45) is 1.79. The lowest BCUT2D eigenvalue weighted by Gasteiger charge is -2.06. The molecule has 1 aliphatic heterocycles. The zero-order valence-electron chi connectivity index (χ0n) is 7.54. The van der Waals surface area contributed by atoms with Crippen molar-refractivity contribution in [1.82, 2.24) is 20.3 Å². The molecule has 1 fully saturated rings. The molecule has 2 atom stereocenters. The van der Waals surface area contributed by atoms with Crippen molar-refractivity contribution in [2.75, 3.05) is 5.75 Å². The Morgan fingerprint density at radius 2 is 2.64 bits per heavy atom. The molecule has 2 heterocycles. The van der Waals surface area contributed by atoms with Gasteiger partial charge in [-0.25, -0.2) is 0 Å². The number of rotatable bonds is 2. The number of carboxylic acid groups (broad SMARTS) is 1. The van der Waals surface area contributed by atoms with Crippen LogP contribution in [-0.4, -0.2) is 37.9 Å². The van der Waals surface area contributed by atoms with Crippen molar-refractivity contribution >= 4 is 17.7 Å². The van der Waals surface area contributed by atoms with Gasteiger partial charge in [0, 0.05) is 12.8 Å². The van der Waals surface area contributed by atoms with Gasteiger partial charge in [-0.15, -0.1) is 16.9 Å². The van der Waals surface area contributed by atoms with Crippen molar-refractivity contribution in [1.29, 1.82) is 0 Å². The van der Waals surface area contributed by atoms with E-state index < -0.39 is 12.0 Å². The van der Waals surface area contributed by atoms with Gasteiger partial charge >= 0.3 is 5.97 Å². The summed E-state index contributed by atoms with van der Waals surface area (Å²) in [4.78, 5) is 10.7. The highest BCUT2D eigenvalue weighted by Gasteiger charge is 2.31. The average molecular weight is 214 g/mol. The fourth-order valence-electron chi connectivity index (χ4n) is 1.27. The Morgan fingerprint density at radius 1 is 1.86 bits per heavy atom. The second kappa shape index (κ2) is 3.58. The van der Waals surface area contributed by atoms with Crippen LogP contribution in [0.25, 0.3) is 0 Å². The number of hydrogen-bond donors (Lipinski definition) is 2. The minimum Gasteiger partial charge on any atom is -0.480 e. The van der Waals surface area contributed by atoms with Crippen LogP contribution in [0, 0.1) is 0 Å². The first-order chi connectivity index (χ1) is 6.66. The van der Waals surface area contributed by atoms with Gasteiger partial charge in [0.15, 0.2) is 0 Å². The number of carbonyl (C=O) groups is 1. The highest BCUT2D eigenvalue weighted by Crippen LogP contribution is 2.31. The van der Waals surface area contributed by atoms with Gasteiger partial charge in [0.25, 0.3) is 0 Å². The van der Waals surface area contributed by atoms with Gasteiger partial charge in [0.1, 0.15) is 17.1 Å². The van der Waals surface area contributed by atoms with Gasteiger partial charge in [-0.2, -0.15) is 0 Å². The minimum absolute atomic E-state index is 0.0511. The van der Waals surface area contributed by atoms with Crippen molar-refractivity contribution in [3.05, 3.63) is 11.9 Å². The first-order valence-corrected chi connectivity index (χ1v) is 5.18. The summed E-state index contributed by atoms with van der Waals surface area (Å²) in [7, 11) is 1.78. The number of aromatic nitrogens is 3. The molecule has 1 aromatic rings. The smallest absolute Gasteiger partial charge is 0.321 e. The van der Waals surface area contributed by atoms with Crippen LogP contribution < -0.4 is 5.32 Å². The molecular weight excluding hydrogens is 204 g/mol. The number of nitrogens with one attached hydrogen (secondary N) is 1. The summed E-state index contributed by atoms with van der Waals surface area (Å²) in [5, 5.41) is 19.4. The predicted molar refractivity (Wildman–Crippen MR) is 50.8 cm³/mol. The first-order valence-electron chi connectivity index (χ1n) is 4.13. The quantitative estimate of drug-likeness (QED) is 0.697. The molecule has 7 heteroatoms. The number of carboxylic acids is 1. The Morgan fingerprint density at radius 3 is 3.14 bits per heavy atom. The molecule has 0 radical (unpaired) electrons. The van der Waals surface area contributed by atoms with Crippen LogP contribution >= 0.6 is 11.8 Å². The maximum Gasteiger partial charge on any atom is 0.321 e. The molecule has 0 aliphatic carbocycles. The first kappa shape index (κ1) is 9.47. The molecule has 1 unspecified atom stereocenters. The SMILES string of the molecule is Cn1cc(C2N[C@H](C(=O)O)CS2)nn1. The van der Waals surface area contributed by atoms with Crippen LogP contribution in [0.3, 0.4) is 0 Å². The number of aliphatic carboxylic acids is 1. The fourth-order valence-corrected chi connectivity index (χ4v) is 2.43. The third kappa shape index (κ3) is 1.73. The summed E-state index contributed by atoms with van der Waals surface area (Å²) >= 11 is 1.54. The normalized spacial score (nSPS) is 26.6. The lowest BCUT2D eigenvalue weighted by atomic mass is 10.3. The summed E-state index contributed by atoms with van der Waals surface area (Å²) in [5.41, 5.74) is 0.779. The summed E-state index contributed by atoms with van der Waals surface area (Å²) in [6, 6.07) is -0.480. The molecule has 2 N–H and O–H groups in total. The van der Waals surface area contributed by atoms with E-state index in [-0.39, 0.29) is 5.37 Å².